The number of hydrogen-bond acceptors (Lipinski definition) is 6. The second-order valence-electron chi connectivity index (χ2n) is 5.87. The van der Waals surface area contributed by atoms with Crippen LogP contribution in [-0.4, -0.2) is 71.7 Å². The lowest BCUT2D eigenvalue weighted by atomic mass is 10.1. The molecule has 0 N–H and O–H groups in total. The normalized spacial score (nSPS) is 15.1. The Bertz CT molecular complexity index is 778. The van der Waals surface area contributed by atoms with Gasteiger partial charge in [0.2, 0.25) is 5.91 Å². The minimum Gasteiger partial charge on any atom is -0.375 e. The fourth-order valence-electron chi connectivity index (χ4n) is 2.93. The van der Waals surface area contributed by atoms with E-state index in [0.717, 1.165) is 0 Å². The average Bonchev–Trinajstić information content (AvgIpc) is 2.94. The van der Waals surface area contributed by atoms with E-state index in [1.807, 2.05) is 6.92 Å². The van der Waals surface area contributed by atoms with Gasteiger partial charge in [-0.2, -0.15) is 0 Å². The third kappa shape index (κ3) is 2.96. The number of carbonyl (C=O) groups excluding carboxylic acids is 2. The van der Waals surface area contributed by atoms with Crippen LogP contribution in [-0.2, 0) is 9.53 Å². The molecule has 1 saturated heterocycles. The third-order valence-electron chi connectivity index (χ3n) is 4.16. The third-order valence-corrected chi connectivity index (χ3v) is 4.16. The number of nitrogens with zero attached hydrogens (tertiary/aromatic N) is 4. The number of piperazine rings is 1. The van der Waals surface area contributed by atoms with Gasteiger partial charge in [0.05, 0.1) is 16.6 Å². The number of aryl methyl sites for hydroxylation is 2. The number of ether oxygens (including phenoxy) is 1. The molecule has 24 heavy (non-hydrogen) atoms. The predicted molar refractivity (Wildman–Crippen MR) is 85.6 cm³/mol. The fraction of sp³-hybridized carbons (Fsp3) is 0.500. The first kappa shape index (κ1) is 16.4. The highest BCUT2D eigenvalue weighted by Gasteiger charge is 2.27. The molecule has 0 aliphatic carbocycles. The van der Waals surface area contributed by atoms with E-state index >= 15 is 0 Å². The van der Waals surface area contributed by atoms with E-state index in [0.29, 0.717) is 54.2 Å². The van der Waals surface area contributed by atoms with Crippen LogP contribution in [0.25, 0.3) is 11.1 Å². The van der Waals surface area contributed by atoms with Crippen molar-refractivity contribution < 1.29 is 18.8 Å². The number of carbonyl (C=O) groups is 2. The lowest BCUT2D eigenvalue weighted by Gasteiger charge is -2.34. The molecule has 2 amide bonds. The van der Waals surface area contributed by atoms with Crippen molar-refractivity contribution in [1.82, 2.24) is 19.9 Å². The molecule has 0 atom stereocenters. The zero-order chi connectivity index (χ0) is 17.3. The van der Waals surface area contributed by atoms with Crippen LogP contribution in [0.1, 0.15) is 21.7 Å². The molecule has 1 fully saturated rings. The van der Waals surface area contributed by atoms with E-state index in [2.05, 4.69) is 10.1 Å². The second kappa shape index (κ2) is 6.56. The molecule has 0 bridgehead atoms. The summed E-state index contributed by atoms with van der Waals surface area (Å²) in [7, 11) is 1.50. The maximum Gasteiger partial charge on any atom is 0.258 e. The summed E-state index contributed by atoms with van der Waals surface area (Å²) in [5.74, 6) is -0.141. The summed E-state index contributed by atoms with van der Waals surface area (Å²) in [5.41, 5.74) is 2.28. The van der Waals surface area contributed by atoms with Crippen molar-refractivity contribution in [1.29, 1.82) is 0 Å². The van der Waals surface area contributed by atoms with Gasteiger partial charge in [-0.15, -0.1) is 0 Å². The van der Waals surface area contributed by atoms with E-state index < -0.39 is 0 Å². The van der Waals surface area contributed by atoms with E-state index in [4.69, 9.17) is 9.26 Å². The molecule has 0 spiro atoms. The number of pyridine rings is 1. The fourth-order valence-corrected chi connectivity index (χ4v) is 2.93. The summed E-state index contributed by atoms with van der Waals surface area (Å²) < 4.78 is 10.1. The Morgan fingerprint density at radius 2 is 1.88 bits per heavy atom. The van der Waals surface area contributed by atoms with Crippen molar-refractivity contribution in [2.24, 2.45) is 0 Å². The highest BCUT2D eigenvalue weighted by atomic mass is 16.5. The molecule has 1 aliphatic rings. The van der Waals surface area contributed by atoms with Crippen molar-refractivity contribution in [3.63, 3.8) is 0 Å². The maximum atomic E-state index is 12.9. The Morgan fingerprint density at radius 3 is 2.54 bits per heavy atom. The molecule has 0 unspecified atom stereocenters. The molecular formula is C16H20N4O4. The van der Waals surface area contributed by atoms with Crippen molar-refractivity contribution >= 4 is 22.9 Å². The average molecular weight is 332 g/mol. The lowest BCUT2D eigenvalue weighted by Crippen LogP contribution is -2.51. The highest BCUT2D eigenvalue weighted by molar-refractivity contribution is 6.06. The van der Waals surface area contributed by atoms with Gasteiger partial charge >= 0.3 is 0 Å². The molecule has 128 valence electrons. The van der Waals surface area contributed by atoms with E-state index in [1.165, 1.54) is 7.11 Å². The van der Waals surface area contributed by atoms with E-state index in [9.17, 15) is 9.59 Å². The van der Waals surface area contributed by atoms with Gasteiger partial charge in [-0.05, 0) is 19.9 Å². The quantitative estimate of drug-likeness (QED) is 0.825. The lowest BCUT2D eigenvalue weighted by molar-refractivity contribution is -0.136. The smallest absolute Gasteiger partial charge is 0.258 e. The van der Waals surface area contributed by atoms with Gasteiger partial charge in [0.15, 0.2) is 0 Å². The topological polar surface area (TPSA) is 88.8 Å². The Morgan fingerprint density at radius 1 is 1.21 bits per heavy atom. The summed E-state index contributed by atoms with van der Waals surface area (Å²) in [6, 6.07) is 1.76. The first-order valence-corrected chi connectivity index (χ1v) is 7.81. The summed E-state index contributed by atoms with van der Waals surface area (Å²) in [6.45, 7) is 5.66. The minimum absolute atomic E-state index is 0.0541. The van der Waals surface area contributed by atoms with Crippen LogP contribution < -0.4 is 0 Å². The zero-order valence-corrected chi connectivity index (χ0v) is 14.0. The first-order chi connectivity index (χ1) is 11.5. The van der Waals surface area contributed by atoms with Crippen molar-refractivity contribution in [3.8, 4) is 0 Å². The number of fused-ring (bicyclic) bond motifs is 1. The minimum atomic E-state index is -0.0874. The number of aromatic nitrogens is 2. The number of methoxy groups -OCH3 is 1. The monoisotopic (exact) mass is 332 g/mol. The molecule has 3 heterocycles. The van der Waals surface area contributed by atoms with Crippen LogP contribution in [0, 0.1) is 13.8 Å². The van der Waals surface area contributed by atoms with Gasteiger partial charge in [0, 0.05) is 39.0 Å². The maximum absolute atomic E-state index is 12.9. The molecule has 0 aromatic carbocycles. The van der Waals surface area contributed by atoms with E-state index in [-0.39, 0.29) is 18.4 Å². The van der Waals surface area contributed by atoms with Gasteiger partial charge in [-0.3, -0.25) is 9.59 Å². The standard InChI is InChI=1S/C16H20N4O4/c1-10-8-12(14-11(2)18-24-15(14)17-10)16(22)20-6-4-19(5-7-20)13(21)9-23-3/h8H,4-7,9H2,1-3H3. The first-order valence-electron chi connectivity index (χ1n) is 7.81. The van der Waals surface area contributed by atoms with Crippen LogP contribution in [0.2, 0.25) is 0 Å². The van der Waals surface area contributed by atoms with Gasteiger partial charge < -0.3 is 19.1 Å². The summed E-state index contributed by atoms with van der Waals surface area (Å²) in [4.78, 5) is 32.5. The van der Waals surface area contributed by atoms with Crippen LogP contribution >= 0.6 is 0 Å². The molecule has 1 aliphatic heterocycles. The molecule has 0 saturated carbocycles. The van der Waals surface area contributed by atoms with Gasteiger partial charge in [0.25, 0.3) is 11.6 Å². The molecule has 8 nitrogen and oxygen atoms in total. The van der Waals surface area contributed by atoms with Crippen molar-refractivity contribution in [3.05, 3.63) is 23.0 Å². The van der Waals surface area contributed by atoms with Crippen LogP contribution in [0.15, 0.2) is 10.6 Å². The second-order valence-corrected chi connectivity index (χ2v) is 5.87. The van der Waals surface area contributed by atoms with Crippen molar-refractivity contribution in [2.75, 3.05) is 39.9 Å². The van der Waals surface area contributed by atoms with Crippen molar-refractivity contribution in [2.45, 2.75) is 13.8 Å². The predicted octanol–water partition coefficient (Wildman–Crippen LogP) is 0.770. The van der Waals surface area contributed by atoms with E-state index in [1.54, 1.807) is 22.8 Å². The van der Waals surface area contributed by atoms with Crippen LogP contribution in [0.4, 0.5) is 0 Å². The van der Waals surface area contributed by atoms with Crippen LogP contribution in [0.5, 0.6) is 0 Å². The SMILES string of the molecule is COCC(=O)N1CCN(C(=O)c2cc(C)nc3onc(C)c23)CC1. The Hall–Kier alpha value is -2.48. The number of rotatable bonds is 3. The molecule has 2 aromatic heterocycles. The highest BCUT2D eigenvalue weighted by Crippen LogP contribution is 2.23. The van der Waals surface area contributed by atoms with Gasteiger partial charge in [-0.25, -0.2) is 4.98 Å². The number of hydrogen-bond donors (Lipinski definition) is 0. The summed E-state index contributed by atoms with van der Waals surface area (Å²) >= 11 is 0. The molecule has 3 rings (SSSR count). The summed E-state index contributed by atoms with van der Waals surface area (Å²) in [5, 5.41) is 4.56. The van der Waals surface area contributed by atoms with Gasteiger partial charge in [0.1, 0.15) is 6.61 Å². The molecule has 0 radical (unpaired) electrons. The Labute approximate surface area is 139 Å². The largest absolute Gasteiger partial charge is 0.375 e. The Balaban J connectivity index is 1.79. The molecular weight excluding hydrogens is 312 g/mol. The Kier molecular flexibility index (Phi) is 4.48. The molecule has 2 aromatic rings. The number of amides is 2. The zero-order valence-electron chi connectivity index (χ0n) is 14.0. The summed E-state index contributed by atoms with van der Waals surface area (Å²) in [6.07, 6.45) is 0. The van der Waals surface area contributed by atoms with Crippen LogP contribution in [0.3, 0.4) is 0 Å². The van der Waals surface area contributed by atoms with Gasteiger partial charge in [-0.1, -0.05) is 5.16 Å². The molecule has 8 heteroatoms.